The van der Waals surface area contributed by atoms with Gasteiger partial charge in [0.25, 0.3) is 5.69 Å². The zero-order valence-corrected chi connectivity index (χ0v) is 18.1. The molecular formula is C23H14N6O4S. The third-order valence-corrected chi connectivity index (χ3v) is 6.17. The lowest BCUT2D eigenvalue weighted by atomic mass is 10.1. The molecule has 0 aliphatic carbocycles. The zero-order valence-electron chi connectivity index (χ0n) is 17.3. The fraction of sp³-hybridized carbons (Fsp3) is 0.0435. The number of nitrogens with zero attached hydrogens (tertiary/aromatic N) is 4. The smallest absolute Gasteiger partial charge is 0.280 e. The second kappa shape index (κ2) is 8.27. The van der Waals surface area contributed by atoms with Crippen molar-refractivity contribution < 1.29 is 14.1 Å². The fourth-order valence-electron chi connectivity index (χ4n) is 3.63. The number of hydrogen-bond donors (Lipinski definition) is 2. The van der Waals surface area contributed by atoms with Crippen molar-refractivity contribution in [2.75, 3.05) is 0 Å². The van der Waals surface area contributed by atoms with Crippen molar-refractivity contribution in [3.05, 3.63) is 81.5 Å². The predicted molar refractivity (Wildman–Crippen MR) is 125 cm³/mol. The van der Waals surface area contributed by atoms with Crippen LogP contribution < -0.4 is 5.43 Å². The molecule has 0 spiro atoms. The Hall–Kier alpha value is -4.82. The Morgan fingerprint density at radius 1 is 1.21 bits per heavy atom. The number of carbonyl (C=O) groups excluding carboxylic acids is 1. The molecule has 0 unspecified atom stereocenters. The van der Waals surface area contributed by atoms with Crippen molar-refractivity contribution >= 4 is 50.3 Å². The van der Waals surface area contributed by atoms with Gasteiger partial charge >= 0.3 is 0 Å². The maximum Gasteiger partial charge on any atom is 0.280 e. The Morgan fingerprint density at radius 2 is 1.97 bits per heavy atom. The zero-order chi connectivity index (χ0) is 23.8. The maximum absolute atomic E-state index is 12.0. The number of amidine groups is 1. The highest BCUT2D eigenvalue weighted by molar-refractivity contribution is 7.19. The van der Waals surface area contributed by atoms with Crippen molar-refractivity contribution in [3.63, 3.8) is 0 Å². The fourth-order valence-corrected chi connectivity index (χ4v) is 4.59. The molecule has 0 bridgehead atoms. The molecule has 1 fully saturated rings. The van der Waals surface area contributed by atoms with Crippen LogP contribution in [0.15, 0.2) is 65.1 Å². The van der Waals surface area contributed by atoms with Gasteiger partial charge in [-0.05, 0) is 30.3 Å². The molecule has 1 saturated heterocycles. The third kappa shape index (κ3) is 3.58. The van der Waals surface area contributed by atoms with Gasteiger partial charge in [0.15, 0.2) is 5.76 Å². The molecule has 2 aromatic carbocycles. The van der Waals surface area contributed by atoms with E-state index in [4.69, 9.17) is 9.83 Å². The number of fused-ring (bicyclic) bond motifs is 1. The van der Waals surface area contributed by atoms with Crippen LogP contribution in [0.2, 0.25) is 0 Å². The van der Waals surface area contributed by atoms with E-state index in [9.17, 15) is 20.2 Å². The number of nitrogens with one attached hydrogen (secondary N) is 2. The Labute approximate surface area is 196 Å². The summed E-state index contributed by atoms with van der Waals surface area (Å²) in [5, 5.41) is 31.4. The number of furan rings is 1. The summed E-state index contributed by atoms with van der Waals surface area (Å²) in [6, 6.07) is 18.8. The number of hydrogen-bond acceptors (Lipinski definition) is 8. The summed E-state index contributed by atoms with van der Waals surface area (Å²) in [5.41, 5.74) is 3.62. The number of rotatable bonds is 5. The van der Waals surface area contributed by atoms with Gasteiger partial charge in [-0.3, -0.25) is 25.7 Å². The molecule has 2 N–H and O–H groups in total. The number of nitro groups is 1. The molecule has 0 saturated carbocycles. The number of para-hydroxylation sites is 2. The highest BCUT2D eigenvalue weighted by Crippen LogP contribution is 2.38. The van der Waals surface area contributed by atoms with Gasteiger partial charge in [-0.1, -0.05) is 24.3 Å². The van der Waals surface area contributed by atoms with Gasteiger partial charge in [-0.2, -0.15) is 5.26 Å². The topological polar surface area (TPSA) is 149 Å². The molecule has 34 heavy (non-hydrogen) atoms. The van der Waals surface area contributed by atoms with E-state index in [-0.39, 0.29) is 46.3 Å². The van der Waals surface area contributed by atoms with E-state index in [0.29, 0.717) is 10.5 Å². The van der Waals surface area contributed by atoms with E-state index in [1.807, 2.05) is 24.3 Å². The highest BCUT2D eigenvalue weighted by atomic mass is 32.1. The SMILES string of the molecule is N#C/C(=C(\c1ccc(-c2ccccc2[N+](=O)[O-])o1)N1NC(=O)CC1=N)c1nc2ccccc2s1. The number of nitriles is 1. The molecule has 2 aromatic heterocycles. The molecule has 10 nitrogen and oxygen atoms in total. The van der Waals surface area contributed by atoms with Crippen LogP contribution >= 0.6 is 11.3 Å². The number of allylic oxidation sites excluding steroid dienone is 1. The van der Waals surface area contributed by atoms with E-state index in [1.54, 1.807) is 30.3 Å². The minimum atomic E-state index is -0.507. The molecule has 1 aliphatic rings. The standard InChI is InChI=1S/C23H14N6O4S/c24-12-14(23-26-15-6-2-4-8-19(15)34-23)22(28-20(25)11-21(30)27-28)18-10-9-17(33-18)13-5-1-3-7-16(13)29(31)32/h1-10,25H,11H2,(H,27,30)/b22-14-,25-20?. The first kappa shape index (κ1) is 21.0. The second-order valence-electron chi connectivity index (χ2n) is 7.25. The first-order chi connectivity index (χ1) is 16.5. The lowest BCUT2D eigenvalue weighted by Crippen LogP contribution is -2.34. The van der Waals surface area contributed by atoms with Crippen LogP contribution in [0.3, 0.4) is 0 Å². The van der Waals surface area contributed by atoms with Gasteiger partial charge in [0.2, 0.25) is 5.91 Å². The Balaban J connectivity index is 1.71. The van der Waals surface area contributed by atoms with Gasteiger partial charge in [0, 0.05) is 6.07 Å². The molecule has 1 aliphatic heterocycles. The average molecular weight is 470 g/mol. The normalized spacial score (nSPS) is 14.1. The minimum Gasteiger partial charge on any atom is -0.454 e. The van der Waals surface area contributed by atoms with Crippen LogP contribution in [-0.4, -0.2) is 26.7 Å². The summed E-state index contributed by atoms with van der Waals surface area (Å²) in [7, 11) is 0. The van der Waals surface area contributed by atoms with Gasteiger partial charge in [-0.15, -0.1) is 11.3 Å². The van der Waals surface area contributed by atoms with Crippen molar-refractivity contribution in [1.29, 1.82) is 10.7 Å². The van der Waals surface area contributed by atoms with Crippen molar-refractivity contribution in [3.8, 4) is 17.4 Å². The Morgan fingerprint density at radius 3 is 2.68 bits per heavy atom. The summed E-state index contributed by atoms with van der Waals surface area (Å²) in [4.78, 5) is 27.5. The first-order valence-electron chi connectivity index (χ1n) is 9.97. The van der Waals surface area contributed by atoms with Crippen LogP contribution in [0.1, 0.15) is 17.2 Å². The van der Waals surface area contributed by atoms with Crippen LogP contribution in [0.25, 0.3) is 32.8 Å². The van der Waals surface area contributed by atoms with Crippen LogP contribution in [-0.2, 0) is 4.79 Å². The second-order valence-corrected chi connectivity index (χ2v) is 8.28. The predicted octanol–water partition coefficient (Wildman–Crippen LogP) is 4.57. The van der Waals surface area contributed by atoms with Crippen LogP contribution in [0.4, 0.5) is 5.69 Å². The molecule has 166 valence electrons. The van der Waals surface area contributed by atoms with Gasteiger partial charge in [0.05, 0.1) is 27.1 Å². The largest absolute Gasteiger partial charge is 0.454 e. The number of carbonyl (C=O) groups is 1. The summed E-state index contributed by atoms with van der Waals surface area (Å²) in [6.07, 6.45) is -0.167. The summed E-state index contributed by atoms with van der Waals surface area (Å²) in [5.74, 6) is -0.124. The van der Waals surface area contributed by atoms with Crippen LogP contribution in [0.5, 0.6) is 0 Å². The minimum absolute atomic E-state index is 0.0718. The third-order valence-electron chi connectivity index (χ3n) is 5.12. The monoisotopic (exact) mass is 470 g/mol. The van der Waals surface area contributed by atoms with E-state index < -0.39 is 10.8 Å². The van der Waals surface area contributed by atoms with Crippen molar-refractivity contribution in [1.82, 2.24) is 15.4 Å². The van der Waals surface area contributed by atoms with Crippen LogP contribution in [0, 0.1) is 26.9 Å². The molecular weight excluding hydrogens is 456 g/mol. The molecule has 1 amide bonds. The van der Waals surface area contributed by atoms with E-state index in [0.717, 1.165) is 4.70 Å². The number of aromatic nitrogens is 1. The molecule has 3 heterocycles. The lowest BCUT2D eigenvalue weighted by Gasteiger charge is -2.20. The maximum atomic E-state index is 12.0. The number of nitro benzene ring substituents is 1. The van der Waals surface area contributed by atoms with Gasteiger partial charge < -0.3 is 4.42 Å². The Bertz CT molecular complexity index is 1530. The molecule has 4 aromatic rings. The molecule has 5 rings (SSSR count). The number of hydrazine groups is 1. The lowest BCUT2D eigenvalue weighted by molar-refractivity contribution is -0.384. The summed E-state index contributed by atoms with van der Waals surface area (Å²) in [6.45, 7) is 0. The molecule has 0 radical (unpaired) electrons. The van der Waals surface area contributed by atoms with E-state index in [1.165, 1.54) is 22.4 Å². The number of benzene rings is 2. The molecule has 11 heteroatoms. The summed E-state index contributed by atoms with van der Waals surface area (Å²) >= 11 is 1.29. The number of amides is 1. The quantitative estimate of drug-likeness (QED) is 0.246. The first-order valence-corrected chi connectivity index (χ1v) is 10.8. The number of thiazole rings is 1. The van der Waals surface area contributed by atoms with E-state index >= 15 is 0 Å². The van der Waals surface area contributed by atoms with Gasteiger partial charge in [-0.25, -0.2) is 9.99 Å². The van der Waals surface area contributed by atoms with E-state index in [2.05, 4.69) is 16.5 Å². The Kier molecular flexibility index (Phi) is 5.12. The highest BCUT2D eigenvalue weighted by Gasteiger charge is 2.33. The summed E-state index contributed by atoms with van der Waals surface area (Å²) < 4.78 is 6.84. The van der Waals surface area contributed by atoms with Gasteiger partial charge in [0.1, 0.15) is 33.9 Å². The van der Waals surface area contributed by atoms with Crippen molar-refractivity contribution in [2.24, 2.45) is 0 Å². The molecule has 0 atom stereocenters. The average Bonchev–Trinajstić information content (AvgIpc) is 3.55. The van der Waals surface area contributed by atoms with Crippen molar-refractivity contribution in [2.45, 2.75) is 6.42 Å².